The molecule has 3 aromatic carbocycles. The molecule has 0 aliphatic rings. The van der Waals surface area contributed by atoms with Gasteiger partial charge in [-0.3, -0.25) is 4.79 Å². The number of carbonyl (C=O) groups is 1. The van der Waals surface area contributed by atoms with Crippen LogP contribution in [0.5, 0.6) is 5.75 Å². The van der Waals surface area contributed by atoms with Gasteiger partial charge in [-0.15, -0.1) is 0 Å². The molecule has 0 bridgehead atoms. The van der Waals surface area contributed by atoms with Crippen LogP contribution in [0.2, 0.25) is 10.0 Å². The number of nitriles is 1. The van der Waals surface area contributed by atoms with Crippen LogP contribution in [0.15, 0.2) is 60.2 Å². The van der Waals surface area contributed by atoms with E-state index in [1.165, 1.54) is 6.07 Å². The van der Waals surface area contributed by atoms with Crippen LogP contribution < -0.4 is 10.1 Å². The van der Waals surface area contributed by atoms with E-state index in [4.69, 9.17) is 27.9 Å². The van der Waals surface area contributed by atoms with Gasteiger partial charge in [0.15, 0.2) is 0 Å². The fourth-order valence-electron chi connectivity index (χ4n) is 2.77. The highest BCUT2D eigenvalue weighted by molar-refractivity contribution is 6.42. The first kappa shape index (κ1) is 19.8. The van der Waals surface area contributed by atoms with Gasteiger partial charge in [-0.25, -0.2) is 0 Å². The second kappa shape index (κ2) is 8.79. The van der Waals surface area contributed by atoms with E-state index in [1.54, 1.807) is 18.2 Å². The quantitative estimate of drug-likeness (QED) is 0.408. The third kappa shape index (κ3) is 4.28. The smallest absolute Gasteiger partial charge is 0.266 e. The minimum absolute atomic E-state index is 0.0524. The van der Waals surface area contributed by atoms with Crippen molar-refractivity contribution in [3.63, 3.8) is 0 Å². The zero-order chi connectivity index (χ0) is 20.1. The Morgan fingerprint density at radius 2 is 1.93 bits per heavy atom. The van der Waals surface area contributed by atoms with Gasteiger partial charge in [-0.2, -0.15) is 5.26 Å². The Bertz CT molecular complexity index is 1120. The Balaban J connectivity index is 2.02. The van der Waals surface area contributed by atoms with Crippen LogP contribution in [0, 0.1) is 11.3 Å². The molecule has 0 fully saturated rings. The molecule has 0 unspecified atom stereocenters. The molecule has 4 nitrogen and oxygen atoms in total. The van der Waals surface area contributed by atoms with Crippen LogP contribution in [0.25, 0.3) is 16.8 Å². The van der Waals surface area contributed by atoms with Gasteiger partial charge in [-0.05, 0) is 48.0 Å². The number of benzene rings is 3. The first-order valence-corrected chi connectivity index (χ1v) is 9.31. The van der Waals surface area contributed by atoms with Crippen molar-refractivity contribution in [3.8, 4) is 11.8 Å². The minimum atomic E-state index is -0.545. The fourth-order valence-corrected chi connectivity index (χ4v) is 3.07. The molecule has 0 aliphatic carbocycles. The number of amides is 1. The van der Waals surface area contributed by atoms with Crippen molar-refractivity contribution in [2.24, 2.45) is 0 Å². The van der Waals surface area contributed by atoms with E-state index in [-0.39, 0.29) is 5.57 Å². The molecular formula is C22H16Cl2N2O2. The summed E-state index contributed by atoms with van der Waals surface area (Å²) in [4.78, 5) is 12.6. The molecule has 1 N–H and O–H groups in total. The molecular weight excluding hydrogens is 395 g/mol. The molecule has 0 saturated carbocycles. The lowest BCUT2D eigenvalue weighted by atomic mass is 10.0. The van der Waals surface area contributed by atoms with Crippen LogP contribution in [0.4, 0.5) is 5.69 Å². The van der Waals surface area contributed by atoms with Crippen molar-refractivity contribution < 1.29 is 9.53 Å². The minimum Gasteiger partial charge on any atom is -0.493 e. The monoisotopic (exact) mass is 410 g/mol. The molecule has 0 atom stereocenters. The third-order valence-electron chi connectivity index (χ3n) is 4.06. The predicted octanol–water partition coefficient (Wildman–Crippen LogP) is 6.09. The lowest BCUT2D eigenvalue weighted by Gasteiger charge is -2.11. The lowest BCUT2D eigenvalue weighted by molar-refractivity contribution is -0.112. The molecule has 0 saturated heterocycles. The molecule has 6 heteroatoms. The number of nitrogens with one attached hydrogen (secondary N) is 1. The van der Waals surface area contributed by atoms with Crippen molar-refractivity contribution in [2.45, 2.75) is 6.92 Å². The summed E-state index contributed by atoms with van der Waals surface area (Å²) in [7, 11) is 0. The zero-order valence-electron chi connectivity index (χ0n) is 15.0. The average molecular weight is 411 g/mol. The van der Waals surface area contributed by atoms with Gasteiger partial charge >= 0.3 is 0 Å². The number of fused-ring (bicyclic) bond motifs is 1. The van der Waals surface area contributed by atoms with Gasteiger partial charge in [0.2, 0.25) is 0 Å². The molecule has 0 radical (unpaired) electrons. The average Bonchev–Trinajstić information content (AvgIpc) is 2.70. The SMILES string of the molecule is CCOc1ccc2ccccc2c1/C=C(\C#N)C(=O)Nc1ccc(Cl)c(Cl)c1. The number of anilines is 1. The number of halogens is 2. The number of nitrogens with zero attached hydrogens (tertiary/aromatic N) is 1. The first-order chi connectivity index (χ1) is 13.5. The van der Waals surface area contributed by atoms with Gasteiger partial charge in [-0.1, -0.05) is 53.5 Å². The Morgan fingerprint density at radius 3 is 2.64 bits per heavy atom. The molecule has 3 rings (SSSR count). The normalized spacial score (nSPS) is 11.1. The Kier molecular flexibility index (Phi) is 6.20. The van der Waals surface area contributed by atoms with E-state index in [9.17, 15) is 10.1 Å². The summed E-state index contributed by atoms with van der Waals surface area (Å²) >= 11 is 11.9. The van der Waals surface area contributed by atoms with Gasteiger partial charge in [0.25, 0.3) is 5.91 Å². The second-order valence-electron chi connectivity index (χ2n) is 5.88. The first-order valence-electron chi connectivity index (χ1n) is 8.56. The number of hydrogen-bond acceptors (Lipinski definition) is 3. The molecule has 140 valence electrons. The summed E-state index contributed by atoms with van der Waals surface area (Å²) in [6, 6.07) is 18.2. The zero-order valence-corrected chi connectivity index (χ0v) is 16.5. The van der Waals surface area contributed by atoms with Crippen molar-refractivity contribution >= 4 is 51.6 Å². The third-order valence-corrected chi connectivity index (χ3v) is 4.80. The van der Waals surface area contributed by atoms with E-state index in [0.717, 1.165) is 10.8 Å². The molecule has 0 aromatic heterocycles. The van der Waals surface area contributed by atoms with E-state index in [1.807, 2.05) is 49.4 Å². The van der Waals surface area contributed by atoms with Crippen molar-refractivity contribution in [1.82, 2.24) is 0 Å². The Labute approximate surface area is 172 Å². The highest BCUT2D eigenvalue weighted by Crippen LogP contribution is 2.31. The molecule has 0 aliphatic heterocycles. The van der Waals surface area contributed by atoms with E-state index in [0.29, 0.717) is 33.7 Å². The van der Waals surface area contributed by atoms with E-state index >= 15 is 0 Å². The highest BCUT2D eigenvalue weighted by Gasteiger charge is 2.14. The van der Waals surface area contributed by atoms with Gasteiger partial charge in [0.05, 0.1) is 16.7 Å². The Morgan fingerprint density at radius 1 is 1.14 bits per heavy atom. The van der Waals surface area contributed by atoms with E-state index in [2.05, 4.69) is 5.32 Å². The van der Waals surface area contributed by atoms with Crippen molar-refractivity contribution in [3.05, 3.63) is 75.8 Å². The van der Waals surface area contributed by atoms with Crippen LogP contribution >= 0.6 is 23.2 Å². The summed E-state index contributed by atoms with van der Waals surface area (Å²) in [5, 5.41) is 14.8. The summed E-state index contributed by atoms with van der Waals surface area (Å²) in [5.74, 6) is 0.0626. The van der Waals surface area contributed by atoms with Crippen LogP contribution in [-0.4, -0.2) is 12.5 Å². The van der Waals surface area contributed by atoms with E-state index < -0.39 is 5.91 Å². The fraction of sp³-hybridized carbons (Fsp3) is 0.0909. The van der Waals surface area contributed by atoms with Crippen LogP contribution in [0.1, 0.15) is 12.5 Å². The number of carbonyl (C=O) groups excluding carboxylic acids is 1. The Hall–Kier alpha value is -3.00. The summed E-state index contributed by atoms with van der Waals surface area (Å²) in [6.45, 7) is 2.35. The van der Waals surface area contributed by atoms with Crippen molar-refractivity contribution in [2.75, 3.05) is 11.9 Å². The molecule has 28 heavy (non-hydrogen) atoms. The van der Waals surface area contributed by atoms with Crippen LogP contribution in [0.3, 0.4) is 0 Å². The maximum atomic E-state index is 12.6. The molecule has 0 spiro atoms. The predicted molar refractivity (Wildman–Crippen MR) is 114 cm³/mol. The topological polar surface area (TPSA) is 62.1 Å². The van der Waals surface area contributed by atoms with Gasteiger partial charge in [0.1, 0.15) is 17.4 Å². The molecule has 0 heterocycles. The summed E-state index contributed by atoms with van der Waals surface area (Å²) in [5.41, 5.74) is 1.08. The molecule has 1 amide bonds. The number of ether oxygens (including phenoxy) is 1. The largest absolute Gasteiger partial charge is 0.493 e. The van der Waals surface area contributed by atoms with Crippen molar-refractivity contribution in [1.29, 1.82) is 5.26 Å². The summed E-state index contributed by atoms with van der Waals surface area (Å²) in [6.07, 6.45) is 1.54. The number of hydrogen-bond donors (Lipinski definition) is 1. The van der Waals surface area contributed by atoms with Crippen LogP contribution in [-0.2, 0) is 4.79 Å². The van der Waals surface area contributed by atoms with Gasteiger partial charge in [0, 0.05) is 11.3 Å². The van der Waals surface area contributed by atoms with Gasteiger partial charge < -0.3 is 10.1 Å². The molecule has 3 aromatic rings. The maximum Gasteiger partial charge on any atom is 0.266 e. The lowest BCUT2D eigenvalue weighted by Crippen LogP contribution is -2.13. The standard InChI is InChI=1S/C22H16Cl2N2O2/c1-2-28-21-10-7-14-5-3-4-6-17(14)18(21)11-15(13-25)22(27)26-16-8-9-19(23)20(24)12-16/h3-12H,2H2,1H3,(H,26,27)/b15-11+. The highest BCUT2D eigenvalue weighted by atomic mass is 35.5. The number of rotatable bonds is 5. The second-order valence-corrected chi connectivity index (χ2v) is 6.70. The summed E-state index contributed by atoms with van der Waals surface area (Å²) < 4.78 is 5.70. The maximum absolute atomic E-state index is 12.6.